The lowest BCUT2D eigenvalue weighted by Gasteiger charge is -2.19. The molecule has 0 aromatic carbocycles. The van der Waals surface area contributed by atoms with E-state index in [9.17, 15) is 0 Å². The summed E-state index contributed by atoms with van der Waals surface area (Å²) in [4.78, 5) is 0. The Balaban J connectivity index is 4.61. The first kappa shape index (κ1) is 44.6. The molecule has 0 saturated carbocycles. The van der Waals surface area contributed by atoms with Gasteiger partial charge in [0.15, 0.2) is 11.5 Å². The van der Waals surface area contributed by atoms with Crippen molar-refractivity contribution in [2.45, 2.75) is 220 Å². The van der Waals surface area contributed by atoms with Crippen LogP contribution in [0.3, 0.4) is 0 Å². The highest BCUT2D eigenvalue weighted by molar-refractivity contribution is 5.22. The van der Waals surface area contributed by atoms with Gasteiger partial charge in [-0.2, -0.15) is 0 Å². The molecular formula is C43H82O3. The van der Waals surface area contributed by atoms with Crippen molar-refractivity contribution < 1.29 is 14.2 Å². The van der Waals surface area contributed by atoms with E-state index in [2.05, 4.69) is 33.9 Å². The standard InChI is InChI=1S/C43H82O3/c1-6-10-13-16-19-22-25-28-31-34-38-44-41(5)43(46-40-36-33-30-27-24-21-18-15-12-8-3)42(37-9-4)45-39-35-32-29-26-23-20-17-14-11-7-2/h9H,4-8,10-40H2,1-3H3. The van der Waals surface area contributed by atoms with E-state index >= 15 is 0 Å². The van der Waals surface area contributed by atoms with Gasteiger partial charge in [0.05, 0.1) is 19.8 Å². The third-order valence-corrected chi connectivity index (χ3v) is 9.13. The maximum atomic E-state index is 6.37. The Labute approximate surface area is 289 Å². The normalized spacial score (nSPS) is 11.8. The predicted octanol–water partition coefficient (Wildman–Crippen LogP) is 15.1. The molecule has 0 rings (SSSR count). The topological polar surface area (TPSA) is 27.7 Å². The quantitative estimate of drug-likeness (QED) is 0.0288. The molecular weight excluding hydrogens is 564 g/mol. The van der Waals surface area contributed by atoms with Gasteiger partial charge in [-0.3, -0.25) is 0 Å². The van der Waals surface area contributed by atoms with Crippen LogP contribution in [0.2, 0.25) is 0 Å². The number of allylic oxidation sites excluding steroid dienone is 1. The Kier molecular flexibility index (Phi) is 36.9. The fraction of sp³-hybridized carbons (Fsp3) is 0.860. The molecule has 0 aliphatic rings. The molecule has 0 bridgehead atoms. The predicted molar refractivity (Wildman–Crippen MR) is 204 cm³/mol. The number of hydrogen-bond acceptors (Lipinski definition) is 3. The van der Waals surface area contributed by atoms with Gasteiger partial charge in [0.25, 0.3) is 0 Å². The van der Waals surface area contributed by atoms with Gasteiger partial charge in [0, 0.05) is 6.42 Å². The zero-order valence-corrected chi connectivity index (χ0v) is 31.8. The van der Waals surface area contributed by atoms with Crippen LogP contribution in [0, 0.1) is 0 Å². The SMILES string of the molecule is C=CCC(OCCCCCCCCCCCC)=C(OCCCCCCCCCCCC)C(=C)OCCCCCCCCCCCC. The highest BCUT2D eigenvalue weighted by atomic mass is 16.5. The van der Waals surface area contributed by atoms with Crippen molar-refractivity contribution in [3.05, 3.63) is 36.5 Å². The summed E-state index contributed by atoms with van der Waals surface area (Å²) >= 11 is 0. The molecule has 0 saturated heterocycles. The molecule has 0 atom stereocenters. The molecule has 0 N–H and O–H groups in total. The van der Waals surface area contributed by atoms with Crippen molar-refractivity contribution in [1.82, 2.24) is 0 Å². The minimum Gasteiger partial charge on any atom is -0.494 e. The lowest BCUT2D eigenvalue weighted by atomic mass is 10.1. The maximum Gasteiger partial charge on any atom is 0.198 e. The van der Waals surface area contributed by atoms with Gasteiger partial charge in [0.2, 0.25) is 0 Å². The second-order valence-electron chi connectivity index (χ2n) is 13.8. The third-order valence-electron chi connectivity index (χ3n) is 9.13. The Morgan fingerprint density at radius 1 is 0.391 bits per heavy atom. The molecule has 0 fully saturated rings. The summed E-state index contributed by atoms with van der Waals surface area (Å²) in [6, 6.07) is 0. The second-order valence-corrected chi connectivity index (χ2v) is 13.8. The van der Waals surface area contributed by atoms with Gasteiger partial charge in [-0.25, -0.2) is 0 Å². The van der Waals surface area contributed by atoms with Gasteiger partial charge >= 0.3 is 0 Å². The lowest BCUT2D eigenvalue weighted by Crippen LogP contribution is -2.08. The van der Waals surface area contributed by atoms with E-state index in [1.165, 1.54) is 173 Å². The summed E-state index contributed by atoms with van der Waals surface area (Å²) in [5.41, 5.74) is 0. The largest absolute Gasteiger partial charge is 0.494 e. The molecule has 0 amide bonds. The summed E-state index contributed by atoms with van der Waals surface area (Å²) in [6.07, 6.45) is 42.2. The number of hydrogen-bond donors (Lipinski definition) is 0. The molecule has 0 aromatic rings. The summed E-state index contributed by atoms with van der Waals surface area (Å²) in [7, 11) is 0. The average Bonchev–Trinajstić information content (AvgIpc) is 3.06. The minimum absolute atomic E-state index is 0.628. The van der Waals surface area contributed by atoms with Gasteiger partial charge in [-0.05, 0) is 19.3 Å². The smallest absolute Gasteiger partial charge is 0.198 e. The highest BCUT2D eigenvalue weighted by Crippen LogP contribution is 2.23. The van der Waals surface area contributed by atoms with Crippen LogP contribution in [0.4, 0.5) is 0 Å². The Morgan fingerprint density at radius 2 is 0.674 bits per heavy atom. The first-order valence-electron chi connectivity index (χ1n) is 20.6. The Hall–Kier alpha value is -1.38. The molecule has 0 aliphatic heterocycles. The summed E-state index contributed by atoms with van der Waals surface area (Å²) in [5, 5.41) is 0. The number of unbranched alkanes of at least 4 members (excludes halogenated alkanes) is 27. The zero-order valence-electron chi connectivity index (χ0n) is 31.8. The van der Waals surface area contributed by atoms with E-state index in [1.807, 2.05) is 6.08 Å². The van der Waals surface area contributed by atoms with Crippen LogP contribution in [0.25, 0.3) is 0 Å². The van der Waals surface area contributed by atoms with Crippen molar-refractivity contribution in [1.29, 1.82) is 0 Å². The van der Waals surface area contributed by atoms with E-state index < -0.39 is 0 Å². The third kappa shape index (κ3) is 31.2. The van der Waals surface area contributed by atoms with E-state index in [1.54, 1.807) is 0 Å². The molecule has 0 heterocycles. The first-order valence-corrected chi connectivity index (χ1v) is 20.6. The molecule has 272 valence electrons. The fourth-order valence-electron chi connectivity index (χ4n) is 6.06. The van der Waals surface area contributed by atoms with E-state index in [4.69, 9.17) is 14.2 Å². The summed E-state index contributed by atoms with van der Waals surface area (Å²) < 4.78 is 18.9. The lowest BCUT2D eigenvalue weighted by molar-refractivity contribution is 0.115. The Bertz CT molecular complexity index is 667. The molecule has 3 nitrogen and oxygen atoms in total. The van der Waals surface area contributed by atoms with E-state index in [0.717, 1.165) is 37.4 Å². The highest BCUT2D eigenvalue weighted by Gasteiger charge is 2.15. The summed E-state index contributed by atoms with van der Waals surface area (Å²) in [6.45, 7) is 17.3. The first-order chi connectivity index (χ1) is 22.7. The van der Waals surface area contributed by atoms with Crippen molar-refractivity contribution in [3.63, 3.8) is 0 Å². The number of ether oxygens (including phenoxy) is 3. The van der Waals surface area contributed by atoms with Gasteiger partial charge in [-0.1, -0.05) is 207 Å². The van der Waals surface area contributed by atoms with Gasteiger partial charge in [-0.15, -0.1) is 6.58 Å². The molecule has 0 aliphatic carbocycles. The molecule has 0 radical (unpaired) electrons. The molecule has 0 spiro atoms. The van der Waals surface area contributed by atoms with Crippen LogP contribution < -0.4 is 0 Å². The van der Waals surface area contributed by atoms with Crippen molar-refractivity contribution in [2.75, 3.05) is 19.8 Å². The van der Waals surface area contributed by atoms with Crippen molar-refractivity contribution >= 4 is 0 Å². The van der Waals surface area contributed by atoms with Gasteiger partial charge in [0.1, 0.15) is 5.76 Å². The van der Waals surface area contributed by atoms with Crippen LogP contribution in [0.15, 0.2) is 36.5 Å². The monoisotopic (exact) mass is 647 g/mol. The Morgan fingerprint density at radius 3 is 1.00 bits per heavy atom. The average molecular weight is 647 g/mol. The van der Waals surface area contributed by atoms with E-state index in [0.29, 0.717) is 25.4 Å². The molecule has 0 unspecified atom stereocenters. The minimum atomic E-state index is 0.628. The van der Waals surface area contributed by atoms with Crippen LogP contribution in [0.1, 0.15) is 220 Å². The van der Waals surface area contributed by atoms with Crippen LogP contribution in [-0.2, 0) is 14.2 Å². The number of rotatable bonds is 39. The zero-order chi connectivity index (χ0) is 33.6. The summed E-state index contributed by atoms with van der Waals surface area (Å²) in [5.74, 6) is 2.18. The van der Waals surface area contributed by atoms with Crippen LogP contribution in [-0.4, -0.2) is 19.8 Å². The fourth-order valence-corrected chi connectivity index (χ4v) is 6.06. The molecule has 46 heavy (non-hydrogen) atoms. The maximum absolute atomic E-state index is 6.37. The van der Waals surface area contributed by atoms with Crippen LogP contribution >= 0.6 is 0 Å². The van der Waals surface area contributed by atoms with Crippen LogP contribution in [0.5, 0.6) is 0 Å². The molecule has 0 aromatic heterocycles. The van der Waals surface area contributed by atoms with E-state index in [-0.39, 0.29) is 0 Å². The second kappa shape index (κ2) is 38.1. The molecule has 3 heteroatoms. The van der Waals surface area contributed by atoms with Crippen molar-refractivity contribution in [3.8, 4) is 0 Å². The van der Waals surface area contributed by atoms with Crippen molar-refractivity contribution in [2.24, 2.45) is 0 Å². The van der Waals surface area contributed by atoms with Gasteiger partial charge < -0.3 is 14.2 Å².